The van der Waals surface area contributed by atoms with Crippen LogP contribution in [-0.2, 0) is 4.79 Å². The Morgan fingerprint density at radius 2 is 1.96 bits per heavy atom. The number of benzene rings is 2. The Bertz CT molecular complexity index is 1040. The highest BCUT2D eigenvalue weighted by atomic mass is 79.9. The molecule has 2 aromatic rings. The molecule has 0 spiro atoms. The molecule has 1 amide bonds. The van der Waals surface area contributed by atoms with Crippen LogP contribution in [0.5, 0.6) is 5.75 Å². The Morgan fingerprint density at radius 1 is 1.21 bits per heavy atom. The summed E-state index contributed by atoms with van der Waals surface area (Å²) in [6.07, 6.45) is 3.41. The van der Waals surface area contributed by atoms with Crippen LogP contribution < -0.4 is 9.75 Å². The first-order chi connectivity index (χ1) is 13.3. The second-order valence-electron chi connectivity index (χ2n) is 5.86. The average molecular weight is 545 g/mol. The molecular formula is C20H14Br2Cl2N2O2. The highest BCUT2D eigenvalue weighted by Crippen LogP contribution is 2.36. The summed E-state index contributed by atoms with van der Waals surface area (Å²) in [6, 6.07) is 8.68. The predicted molar refractivity (Wildman–Crippen MR) is 123 cm³/mol. The number of anilines is 1. The maximum Gasteiger partial charge on any atom is 0.280 e. The highest BCUT2D eigenvalue weighted by molar-refractivity contribution is 9.11. The maximum atomic E-state index is 13.0. The van der Waals surface area contributed by atoms with Crippen molar-refractivity contribution >= 4 is 78.4 Å². The normalized spacial score (nSPS) is 15.2. The van der Waals surface area contributed by atoms with Gasteiger partial charge >= 0.3 is 0 Å². The van der Waals surface area contributed by atoms with Gasteiger partial charge in [-0.1, -0.05) is 51.8 Å². The molecule has 28 heavy (non-hydrogen) atoms. The largest absolute Gasteiger partial charge is 0.488 e. The van der Waals surface area contributed by atoms with Gasteiger partial charge in [0.05, 0.1) is 31.5 Å². The van der Waals surface area contributed by atoms with E-state index in [2.05, 4.69) is 43.5 Å². The Morgan fingerprint density at radius 3 is 2.64 bits per heavy atom. The van der Waals surface area contributed by atoms with Gasteiger partial charge in [-0.25, -0.2) is 0 Å². The van der Waals surface area contributed by atoms with Crippen molar-refractivity contribution in [2.24, 2.45) is 5.10 Å². The van der Waals surface area contributed by atoms with E-state index in [1.165, 1.54) is 5.01 Å². The van der Waals surface area contributed by atoms with Crippen LogP contribution in [0.3, 0.4) is 0 Å². The quantitative estimate of drug-likeness (QED) is 0.304. The van der Waals surface area contributed by atoms with Crippen molar-refractivity contribution in [1.82, 2.24) is 0 Å². The van der Waals surface area contributed by atoms with Crippen molar-refractivity contribution in [1.29, 1.82) is 0 Å². The van der Waals surface area contributed by atoms with Crippen molar-refractivity contribution in [2.45, 2.75) is 6.92 Å². The molecule has 1 aliphatic rings. The van der Waals surface area contributed by atoms with Gasteiger partial charge in [0.1, 0.15) is 12.4 Å². The fourth-order valence-corrected chi connectivity index (χ4v) is 4.28. The number of carbonyl (C=O) groups excluding carboxylic acids is 1. The van der Waals surface area contributed by atoms with E-state index < -0.39 is 0 Å². The van der Waals surface area contributed by atoms with E-state index in [0.29, 0.717) is 39.4 Å². The molecule has 1 aliphatic heterocycles. The van der Waals surface area contributed by atoms with E-state index in [9.17, 15) is 4.79 Å². The molecule has 0 saturated carbocycles. The zero-order valence-electron chi connectivity index (χ0n) is 14.7. The second-order valence-corrected chi connectivity index (χ2v) is 8.45. The number of rotatable bonds is 5. The molecule has 8 heteroatoms. The Balaban J connectivity index is 2.02. The summed E-state index contributed by atoms with van der Waals surface area (Å²) in [4.78, 5) is 13.0. The summed E-state index contributed by atoms with van der Waals surface area (Å²) < 4.78 is 7.37. The van der Waals surface area contributed by atoms with Crippen LogP contribution in [0.1, 0.15) is 12.5 Å². The molecule has 2 aromatic carbocycles. The molecule has 0 fully saturated rings. The van der Waals surface area contributed by atoms with Crippen LogP contribution in [0.15, 0.2) is 62.6 Å². The molecule has 0 N–H and O–H groups in total. The average Bonchev–Trinajstić information content (AvgIpc) is 2.91. The number of halogens is 4. The first-order valence-electron chi connectivity index (χ1n) is 8.11. The van der Waals surface area contributed by atoms with Crippen molar-refractivity contribution in [3.63, 3.8) is 0 Å². The minimum Gasteiger partial charge on any atom is -0.488 e. The summed E-state index contributed by atoms with van der Waals surface area (Å²) >= 11 is 19.0. The van der Waals surface area contributed by atoms with E-state index in [1.54, 1.807) is 37.3 Å². The van der Waals surface area contributed by atoms with Gasteiger partial charge in [-0.15, -0.1) is 0 Å². The van der Waals surface area contributed by atoms with Gasteiger partial charge in [0.2, 0.25) is 0 Å². The van der Waals surface area contributed by atoms with Crippen LogP contribution in [0.25, 0.3) is 6.08 Å². The molecule has 4 nitrogen and oxygen atoms in total. The first kappa shape index (κ1) is 21.1. The molecule has 144 valence electrons. The van der Waals surface area contributed by atoms with E-state index in [0.717, 1.165) is 14.5 Å². The van der Waals surface area contributed by atoms with Crippen LogP contribution in [-0.4, -0.2) is 18.2 Å². The van der Waals surface area contributed by atoms with Crippen LogP contribution in [0.2, 0.25) is 10.0 Å². The maximum absolute atomic E-state index is 13.0. The van der Waals surface area contributed by atoms with E-state index in [1.807, 2.05) is 12.1 Å². The molecule has 1 heterocycles. The number of ether oxygens (including phenoxy) is 1. The van der Waals surface area contributed by atoms with Gasteiger partial charge < -0.3 is 4.74 Å². The summed E-state index contributed by atoms with van der Waals surface area (Å²) in [5.74, 6) is 0.353. The fraction of sp³-hybridized carbons (Fsp3) is 0.100. The van der Waals surface area contributed by atoms with Crippen LogP contribution >= 0.6 is 55.1 Å². The zero-order chi connectivity index (χ0) is 20.4. The number of carbonyl (C=O) groups is 1. The number of amides is 1. The minimum atomic E-state index is -0.262. The fourth-order valence-electron chi connectivity index (χ4n) is 2.61. The Labute approximate surface area is 189 Å². The lowest BCUT2D eigenvalue weighted by Crippen LogP contribution is -2.21. The SMILES string of the molecule is C=CCOc1c(Br)cc(Br)cc1/C=C1/C(=O)N(c2ccc(Cl)c(Cl)c2)N=C1C. The predicted octanol–water partition coefficient (Wildman–Crippen LogP) is 6.89. The summed E-state index contributed by atoms with van der Waals surface area (Å²) in [7, 11) is 0. The molecule has 3 rings (SSSR count). The van der Waals surface area contributed by atoms with Crippen molar-refractivity contribution in [3.8, 4) is 5.75 Å². The molecule has 0 unspecified atom stereocenters. The number of hydrogen-bond acceptors (Lipinski definition) is 3. The number of nitrogens with zero attached hydrogens (tertiary/aromatic N) is 2. The zero-order valence-corrected chi connectivity index (χ0v) is 19.4. The topological polar surface area (TPSA) is 41.9 Å². The summed E-state index contributed by atoms with van der Waals surface area (Å²) in [6.45, 7) is 5.79. The summed E-state index contributed by atoms with van der Waals surface area (Å²) in [5.41, 5.74) is 2.32. The number of hydrazone groups is 1. The molecular weight excluding hydrogens is 531 g/mol. The van der Waals surface area contributed by atoms with Gasteiger partial charge in [0, 0.05) is 10.0 Å². The molecule has 0 bridgehead atoms. The third-order valence-corrected chi connectivity index (χ3v) is 5.68. The van der Waals surface area contributed by atoms with Crippen molar-refractivity contribution in [3.05, 3.63) is 73.1 Å². The lowest BCUT2D eigenvalue weighted by atomic mass is 10.1. The third-order valence-electron chi connectivity index (χ3n) is 3.89. The lowest BCUT2D eigenvalue weighted by molar-refractivity contribution is -0.114. The lowest BCUT2D eigenvalue weighted by Gasteiger charge is -2.13. The van der Waals surface area contributed by atoms with Crippen LogP contribution in [0, 0.1) is 0 Å². The van der Waals surface area contributed by atoms with E-state index >= 15 is 0 Å². The Kier molecular flexibility index (Phi) is 6.65. The van der Waals surface area contributed by atoms with Crippen molar-refractivity contribution in [2.75, 3.05) is 11.6 Å². The molecule has 0 radical (unpaired) electrons. The molecule has 0 aliphatic carbocycles. The van der Waals surface area contributed by atoms with Crippen molar-refractivity contribution < 1.29 is 9.53 Å². The molecule has 0 atom stereocenters. The van der Waals surface area contributed by atoms with Gasteiger partial charge in [-0.2, -0.15) is 10.1 Å². The third kappa shape index (κ3) is 4.35. The van der Waals surface area contributed by atoms with Gasteiger partial charge in [-0.3, -0.25) is 4.79 Å². The summed E-state index contributed by atoms with van der Waals surface area (Å²) in [5, 5.41) is 6.45. The Hall–Kier alpha value is -1.60. The van der Waals surface area contributed by atoms with Crippen LogP contribution in [0.4, 0.5) is 5.69 Å². The second kappa shape index (κ2) is 8.82. The molecule has 0 aromatic heterocycles. The number of hydrogen-bond donors (Lipinski definition) is 0. The van der Waals surface area contributed by atoms with Gasteiger partial charge in [-0.05, 0) is 59.3 Å². The van der Waals surface area contributed by atoms with Gasteiger partial charge in [0.25, 0.3) is 5.91 Å². The van der Waals surface area contributed by atoms with E-state index in [-0.39, 0.29) is 5.91 Å². The monoisotopic (exact) mass is 542 g/mol. The first-order valence-corrected chi connectivity index (χ1v) is 10.5. The van der Waals surface area contributed by atoms with E-state index in [4.69, 9.17) is 27.9 Å². The molecule has 0 saturated heterocycles. The van der Waals surface area contributed by atoms with Gasteiger partial charge in [0.15, 0.2) is 0 Å². The standard InChI is InChI=1S/C20H14Br2Cl2N2O2/c1-3-6-28-19-12(7-13(21)9-16(19)22)8-15-11(2)25-26(20(15)27)14-4-5-17(23)18(24)10-14/h3-5,7-10H,1,6H2,2H3/b15-8+. The highest BCUT2D eigenvalue weighted by Gasteiger charge is 2.29. The minimum absolute atomic E-state index is 0.262. The smallest absolute Gasteiger partial charge is 0.280 e.